The summed E-state index contributed by atoms with van der Waals surface area (Å²) in [4.78, 5) is 0.252. The number of nitrogens with two attached hydrogens (primary N) is 1. The van der Waals surface area contributed by atoms with Gasteiger partial charge in [-0.1, -0.05) is 24.3 Å². The van der Waals surface area contributed by atoms with Crippen LogP contribution in [-0.4, -0.2) is 25.2 Å². The van der Waals surface area contributed by atoms with Crippen LogP contribution in [0.15, 0.2) is 58.5 Å². The van der Waals surface area contributed by atoms with Crippen LogP contribution >= 0.6 is 0 Å². The third-order valence-electron chi connectivity index (χ3n) is 3.82. The van der Waals surface area contributed by atoms with Gasteiger partial charge < -0.3 is 5.73 Å². The van der Waals surface area contributed by atoms with Gasteiger partial charge in [0, 0.05) is 5.39 Å². The van der Waals surface area contributed by atoms with Crippen molar-refractivity contribution < 1.29 is 8.42 Å². The third-order valence-corrected chi connectivity index (χ3v) is 5.53. The number of sulfone groups is 1. The van der Waals surface area contributed by atoms with Crippen molar-refractivity contribution in [1.82, 2.24) is 10.2 Å². The van der Waals surface area contributed by atoms with E-state index in [2.05, 4.69) is 10.2 Å². The number of aromatic nitrogens is 2. The molecule has 0 aliphatic carbocycles. The summed E-state index contributed by atoms with van der Waals surface area (Å²) in [6, 6.07) is 14.2. The molecule has 0 unspecified atom stereocenters. The smallest absolute Gasteiger partial charge is 0.226 e. The van der Waals surface area contributed by atoms with Crippen LogP contribution in [0, 0.1) is 0 Å². The van der Waals surface area contributed by atoms with Gasteiger partial charge in [-0.05, 0) is 55.6 Å². The fraction of sp³-hybridized carbons (Fsp3) is 0.235. The number of fused-ring (bicyclic) bond motifs is 1. The summed E-state index contributed by atoms with van der Waals surface area (Å²) in [6.45, 7) is 0.668. The predicted octanol–water partition coefficient (Wildman–Crippen LogP) is 2.68. The van der Waals surface area contributed by atoms with Crippen LogP contribution in [0.5, 0.6) is 0 Å². The van der Waals surface area contributed by atoms with Gasteiger partial charge in [0.05, 0.1) is 10.4 Å². The van der Waals surface area contributed by atoms with Gasteiger partial charge in [-0.25, -0.2) is 8.42 Å². The lowest BCUT2D eigenvalue weighted by atomic mass is 10.1. The van der Waals surface area contributed by atoms with Crippen molar-refractivity contribution in [2.45, 2.75) is 29.2 Å². The van der Waals surface area contributed by atoms with Crippen molar-refractivity contribution in [2.75, 3.05) is 6.54 Å². The number of hydrogen-bond acceptors (Lipinski definition) is 4. The summed E-state index contributed by atoms with van der Waals surface area (Å²) in [5.41, 5.74) is 7.34. The molecule has 0 aliphatic heterocycles. The minimum Gasteiger partial charge on any atom is -0.330 e. The highest BCUT2D eigenvalue weighted by atomic mass is 32.2. The highest BCUT2D eigenvalue weighted by Gasteiger charge is 2.23. The van der Waals surface area contributed by atoms with Gasteiger partial charge in [-0.15, -0.1) is 0 Å². The molecule has 0 saturated carbocycles. The highest BCUT2D eigenvalue weighted by Crippen LogP contribution is 2.27. The first-order chi connectivity index (χ1) is 11.1. The number of nitrogens with zero attached hydrogens (tertiary/aromatic N) is 1. The third kappa shape index (κ3) is 3.13. The molecule has 0 fully saturated rings. The molecule has 23 heavy (non-hydrogen) atoms. The monoisotopic (exact) mass is 329 g/mol. The molecule has 0 amide bonds. The zero-order chi connectivity index (χ0) is 16.3. The molecule has 0 atom stereocenters. The highest BCUT2D eigenvalue weighted by molar-refractivity contribution is 7.91. The van der Waals surface area contributed by atoms with Gasteiger partial charge in [0.15, 0.2) is 5.03 Å². The Hall–Kier alpha value is -2.18. The maximum Gasteiger partial charge on any atom is 0.226 e. The van der Waals surface area contributed by atoms with E-state index in [9.17, 15) is 8.42 Å². The number of nitrogens with one attached hydrogen (secondary N) is 1. The van der Waals surface area contributed by atoms with E-state index in [1.54, 1.807) is 30.3 Å². The Morgan fingerprint density at radius 3 is 2.57 bits per heavy atom. The molecular formula is C17H19N3O2S. The summed E-state index contributed by atoms with van der Waals surface area (Å²) in [7, 11) is -3.63. The van der Waals surface area contributed by atoms with Crippen LogP contribution < -0.4 is 5.73 Å². The molecule has 2 aromatic carbocycles. The number of rotatable bonds is 6. The average molecular weight is 329 g/mol. The van der Waals surface area contributed by atoms with Gasteiger partial charge in [0.2, 0.25) is 9.84 Å². The van der Waals surface area contributed by atoms with E-state index in [1.165, 1.54) is 0 Å². The number of unbranched alkanes of at least 4 members (excludes halogenated alkanes) is 1. The quantitative estimate of drug-likeness (QED) is 0.681. The number of H-pyrrole nitrogens is 1. The summed E-state index contributed by atoms with van der Waals surface area (Å²) >= 11 is 0. The van der Waals surface area contributed by atoms with Crippen LogP contribution in [-0.2, 0) is 16.3 Å². The molecule has 0 saturated heterocycles. The Morgan fingerprint density at radius 1 is 1.04 bits per heavy atom. The van der Waals surface area contributed by atoms with E-state index in [1.807, 2.05) is 18.2 Å². The zero-order valence-corrected chi connectivity index (χ0v) is 13.5. The molecule has 3 rings (SSSR count). The molecule has 0 bridgehead atoms. The summed E-state index contributed by atoms with van der Waals surface area (Å²) < 4.78 is 25.6. The van der Waals surface area contributed by atoms with Gasteiger partial charge in [-0.2, -0.15) is 5.10 Å². The van der Waals surface area contributed by atoms with E-state index in [4.69, 9.17) is 5.73 Å². The largest absolute Gasteiger partial charge is 0.330 e. The lowest BCUT2D eigenvalue weighted by Crippen LogP contribution is -2.03. The van der Waals surface area contributed by atoms with Gasteiger partial charge in [0.25, 0.3) is 0 Å². The minimum absolute atomic E-state index is 0.0828. The van der Waals surface area contributed by atoms with Crippen LogP contribution in [0.25, 0.3) is 10.9 Å². The maximum absolute atomic E-state index is 12.8. The van der Waals surface area contributed by atoms with Crippen LogP contribution in [0.2, 0.25) is 0 Å². The minimum atomic E-state index is -3.63. The molecule has 120 valence electrons. The van der Waals surface area contributed by atoms with Gasteiger partial charge >= 0.3 is 0 Å². The molecular weight excluding hydrogens is 310 g/mol. The van der Waals surface area contributed by atoms with Gasteiger partial charge in [-0.3, -0.25) is 5.10 Å². The van der Waals surface area contributed by atoms with Crippen LogP contribution in [0.4, 0.5) is 0 Å². The van der Waals surface area contributed by atoms with Crippen molar-refractivity contribution in [3.8, 4) is 0 Å². The fourth-order valence-electron chi connectivity index (χ4n) is 2.58. The molecule has 1 aromatic heterocycles. The number of aryl methyl sites for hydroxylation is 1. The Balaban J connectivity index is 2.03. The van der Waals surface area contributed by atoms with E-state index in [0.717, 1.165) is 30.3 Å². The second kappa shape index (κ2) is 6.52. The summed E-state index contributed by atoms with van der Waals surface area (Å²) in [5, 5.41) is 7.58. The normalized spacial score (nSPS) is 11.9. The molecule has 0 radical (unpaired) electrons. The van der Waals surface area contributed by atoms with Crippen LogP contribution in [0.1, 0.15) is 18.4 Å². The van der Waals surface area contributed by atoms with Crippen molar-refractivity contribution in [3.63, 3.8) is 0 Å². The standard InChI is InChI=1S/C17H19N3O2S/c18-11-5-4-6-13-9-10-16-15(12-13)17(20-19-16)23(21,22)14-7-2-1-3-8-14/h1-3,7-10,12H,4-6,11,18H2,(H,19,20). The Morgan fingerprint density at radius 2 is 1.83 bits per heavy atom. The number of aromatic amines is 1. The molecule has 3 N–H and O–H groups in total. The van der Waals surface area contributed by atoms with Crippen molar-refractivity contribution >= 4 is 20.7 Å². The first kappa shape index (κ1) is 15.7. The fourth-order valence-corrected chi connectivity index (χ4v) is 3.95. The van der Waals surface area contributed by atoms with E-state index in [-0.39, 0.29) is 9.92 Å². The lowest BCUT2D eigenvalue weighted by Gasteiger charge is -2.03. The molecule has 1 heterocycles. The Labute approximate surface area is 135 Å². The molecule has 6 heteroatoms. The van der Waals surface area contributed by atoms with Crippen molar-refractivity contribution in [3.05, 3.63) is 54.1 Å². The first-order valence-corrected chi connectivity index (χ1v) is 9.08. The van der Waals surface area contributed by atoms with E-state index >= 15 is 0 Å². The second-order valence-corrected chi connectivity index (χ2v) is 7.34. The summed E-state index contributed by atoms with van der Waals surface area (Å²) in [6.07, 6.45) is 2.82. The van der Waals surface area contributed by atoms with Gasteiger partial charge in [0.1, 0.15) is 0 Å². The van der Waals surface area contributed by atoms with Crippen molar-refractivity contribution in [1.29, 1.82) is 0 Å². The topological polar surface area (TPSA) is 88.8 Å². The molecule has 0 spiro atoms. The zero-order valence-electron chi connectivity index (χ0n) is 12.7. The number of benzene rings is 2. The maximum atomic E-state index is 12.8. The number of hydrogen-bond donors (Lipinski definition) is 2. The second-order valence-electron chi connectivity index (χ2n) is 5.47. The molecule has 3 aromatic rings. The van der Waals surface area contributed by atoms with E-state index in [0.29, 0.717) is 11.9 Å². The van der Waals surface area contributed by atoms with E-state index < -0.39 is 9.84 Å². The van der Waals surface area contributed by atoms with Crippen molar-refractivity contribution in [2.24, 2.45) is 5.73 Å². The lowest BCUT2D eigenvalue weighted by molar-refractivity contribution is 0.593. The molecule has 0 aliphatic rings. The SMILES string of the molecule is NCCCCc1ccc2[nH]nc(S(=O)(=O)c3ccccc3)c2c1. The summed E-state index contributed by atoms with van der Waals surface area (Å²) in [5.74, 6) is 0. The Kier molecular flexibility index (Phi) is 4.45. The average Bonchev–Trinajstić information content (AvgIpc) is 3.00. The Bertz CT molecular complexity index is 902. The molecule has 5 nitrogen and oxygen atoms in total. The predicted molar refractivity (Wildman–Crippen MR) is 90.0 cm³/mol. The van der Waals surface area contributed by atoms with Crippen LogP contribution in [0.3, 0.4) is 0 Å². The first-order valence-electron chi connectivity index (χ1n) is 7.60.